The third-order valence-electron chi connectivity index (χ3n) is 2.58. The molecule has 0 radical (unpaired) electrons. The Balaban J connectivity index is 2.70. The van der Waals surface area contributed by atoms with Gasteiger partial charge in [-0.1, -0.05) is 11.8 Å². The molecule has 0 spiro atoms. The summed E-state index contributed by atoms with van der Waals surface area (Å²) in [5.74, 6) is 0. The summed E-state index contributed by atoms with van der Waals surface area (Å²) in [5, 5.41) is 0. The second kappa shape index (κ2) is 5.64. The first-order valence-corrected chi connectivity index (χ1v) is 5.89. The maximum absolute atomic E-state index is 4.16. The molecule has 0 fully saturated rings. The predicted molar refractivity (Wildman–Crippen MR) is 71.1 cm³/mol. The van der Waals surface area contributed by atoms with Crippen molar-refractivity contribution in [1.82, 2.24) is 4.90 Å². The van der Waals surface area contributed by atoms with Gasteiger partial charge in [0.1, 0.15) is 0 Å². The summed E-state index contributed by atoms with van der Waals surface area (Å²) in [5.41, 5.74) is 2.29. The maximum atomic E-state index is 4.16. The van der Waals surface area contributed by atoms with Crippen molar-refractivity contribution in [3.8, 4) is 0 Å². The van der Waals surface area contributed by atoms with Crippen molar-refractivity contribution in [2.24, 2.45) is 0 Å². The molecule has 0 aliphatic rings. The quantitative estimate of drug-likeness (QED) is 0.675. The zero-order valence-corrected chi connectivity index (χ0v) is 10.8. The van der Waals surface area contributed by atoms with E-state index in [4.69, 9.17) is 0 Å². The third-order valence-corrected chi connectivity index (χ3v) is 2.58. The molecule has 0 atom stereocenters. The number of allylic oxidation sites excluding steroid dienone is 1. The molecule has 0 aliphatic carbocycles. The first-order valence-electron chi connectivity index (χ1n) is 5.89. The average Bonchev–Trinajstić information content (AvgIpc) is 2.17. The highest BCUT2D eigenvalue weighted by molar-refractivity contribution is 5.31. The minimum Gasteiger partial charge on any atom is -0.383 e. The zero-order chi connectivity index (χ0) is 12.1. The molecule has 0 amide bonds. The lowest BCUT2D eigenvalue weighted by molar-refractivity contribution is 0.237. The van der Waals surface area contributed by atoms with Crippen molar-refractivity contribution >= 4 is 0 Å². The lowest BCUT2D eigenvalue weighted by Crippen LogP contribution is -2.36. The molecule has 1 aromatic rings. The van der Waals surface area contributed by atoms with Crippen LogP contribution in [0.5, 0.6) is 0 Å². The molecule has 1 rings (SSSR count). The van der Waals surface area contributed by atoms with Crippen molar-refractivity contribution in [1.29, 1.82) is 0 Å². The van der Waals surface area contributed by atoms with Gasteiger partial charge in [0.15, 0.2) is 0 Å². The molecule has 88 valence electrons. The van der Waals surface area contributed by atoms with Crippen molar-refractivity contribution in [2.75, 3.05) is 0 Å². The molecule has 1 aromatic carbocycles. The lowest BCUT2D eigenvalue weighted by atomic mass is 10.1. The van der Waals surface area contributed by atoms with Crippen LogP contribution in [0, 0.1) is 6.42 Å². The fourth-order valence-corrected chi connectivity index (χ4v) is 2.08. The van der Waals surface area contributed by atoms with Crippen LogP contribution < -0.4 is 0 Å². The molecule has 0 saturated carbocycles. The van der Waals surface area contributed by atoms with Crippen LogP contribution in [-0.4, -0.2) is 17.0 Å². The zero-order valence-electron chi connectivity index (χ0n) is 10.8. The van der Waals surface area contributed by atoms with Crippen LogP contribution in [0.15, 0.2) is 42.6 Å². The van der Waals surface area contributed by atoms with Crippen LogP contribution in [0.25, 0.3) is 0 Å². The number of hydrogen-bond donors (Lipinski definition) is 0. The van der Waals surface area contributed by atoms with Crippen molar-refractivity contribution < 1.29 is 0 Å². The smallest absolute Gasteiger partial charge is 0.0220 e. The van der Waals surface area contributed by atoms with E-state index in [9.17, 15) is 0 Å². The van der Waals surface area contributed by atoms with Gasteiger partial charge in [-0.05, 0) is 27.7 Å². The Hall–Kier alpha value is -1.37. The summed E-state index contributed by atoms with van der Waals surface area (Å²) in [6.07, 6.45) is 2.14. The highest BCUT2D eigenvalue weighted by atomic mass is 15.2. The molecule has 0 aliphatic heterocycles. The molecule has 0 aromatic heterocycles. The van der Waals surface area contributed by atoms with Gasteiger partial charge < -0.3 is 4.90 Å². The minimum absolute atomic E-state index is 0.479. The van der Waals surface area contributed by atoms with Gasteiger partial charge in [0, 0.05) is 12.1 Å². The highest BCUT2D eigenvalue weighted by Crippen LogP contribution is 2.18. The van der Waals surface area contributed by atoms with E-state index in [-0.39, 0.29) is 0 Å². The number of benzene rings is 1. The Kier molecular flexibility index (Phi) is 4.48. The van der Waals surface area contributed by atoms with Crippen LogP contribution in [0.1, 0.15) is 33.3 Å². The summed E-state index contributed by atoms with van der Waals surface area (Å²) in [6.45, 7) is 13.0. The Labute approximate surface area is 99.8 Å². The molecule has 0 unspecified atom stereocenters. The van der Waals surface area contributed by atoms with E-state index in [1.54, 1.807) is 0 Å². The first kappa shape index (κ1) is 12.7. The molecule has 0 heterocycles. The van der Waals surface area contributed by atoms with E-state index in [0.29, 0.717) is 12.1 Å². The molecule has 0 saturated heterocycles. The molecule has 0 bridgehead atoms. The average molecular weight is 216 g/mol. The van der Waals surface area contributed by atoms with E-state index in [2.05, 4.69) is 57.7 Å². The molecule has 0 N–H and O–H groups in total. The third kappa shape index (κ3) is 3.34. The van der Waals surface area contributed by atoms with Gasteiger partial charge in [-0.25, -0.2) is 0 Å². The maximum Gasteiger partial charge on any atom is 0.0220 e. The van der Waals surface area contributed by atoms with Crippen molar-refractivity contribution in [3.63, 3.8) is 0 Å². The monoisotopic (exact) mass is 216 g/mol. The SMILES string of the molecule is C=C([CH-]c1ccccc1)N(C(C)C)C(C)C. The normalized spacial score (nSPS) is 10.6. The van der Waals surface area contributed by atoms with Gasteiger partial charge in [0.05, 0.1) is 0 Å². The van der Waals surface area contributed by atoms with Gasteiger partial charge in [-0.2, -0.15) is 0 Å². The van der Waals surface area contributed by atoms with Crippen LogP contribution in [0.2, 0.25) is 0 Å². The second-order valence-electron chi connectivity index (χ2n) is 4.64. The fraction of sp³-hybridized carbons (Fsp3) is 0.400. The molecular weight excluding hydrogens is 194 g/mol. The Morgan fingerprint density at radius 2 is 1.56 bits per heavy atom. The summed E-state index contributed by atoms with van der Waals surface area (Å²) in [6, 6.07) is 11.3. The van der Waals surface area contributed by atoms with E-state index in [1.807, 2.05) is 18.2 Å². The van der Waals surface area contributed by atoms with E-state index in [0.717, 1.165) is 5.70 Å². The second-order valence-corrected chi connectivity index (χ2v) is 4.64. The summed E-state index contributed by atoms with van der Waals surface area (Å²) in [4.78, 5) is 2.33. The van der Waals surface area contributed by atoms with Crippen LogP contribution >= 0.6 is 0 Å². The topological polar surface area (TPSA) is 3.24 Å². The van der Waals surface area contributed by atoms with Crippen LogP contribution in [-0.2, 0) is 0 Å². The van der Waals surface area contributed by atoms with Gasteiger partial charge in [0.25, 0.3) is 0 Å². The lowest BCUT2D eigenvalue weighted by Gasteiger charge is -2.37. The van der Waals surface area contributed by atoms with Gasteiger partial charge in [-0.3, -0.25) is 0 Å². The molecular formula is C15H22N-. The van der Waals surface area contributed by atoms with E-state index < -0.39 is 0 Å². The van der Waals surface area contributed by atoms with E-state index >= 15 is 0 Å². The Morgan fingerprint density at radius 1 is 1.06 bits per heavy atom. The first-order chi connectivity index (χ1) is 7.52. The van der Waals surface area contributed by atoms with Gasteiger partial charge >= 0.3 is 0 Å². The number of rotatable bonds is 5. The van der Waals surface area contributed by atoms with Crippen LogP contribution in [0.3, 0.4) is 0 Å². The Bertz CT molecular complexity index is 317. The highest BCUT2D eigenvalue weighted by Gasteiger charge is 2.12. The standard InChI is InChI=1S/C15H22N/c1-12(2)16(13(3)4)14(5)11-15-9-7-6-8-10-15/h6-13H,5H2,1-4H3/q-1. The number of hydrogen-bond acceptors (Lipinski definition) is 1. The van der Waals surface area contributed by atoms with Gasteiger partial charge in [0.2, 0.25) is 0 Å². The molecule has 1 heteroatoms. The molecule has 1 nitrogen and oxygen atoms in total. The van der Waals surface area contributed by atoms with E-state index in [1.165, 1.54) is 5.56 Å². The fourth-order valence-electron chi connectivity index (χ4n) is 2.08. The van der Waals surface area contributed by atoms with Crippen LogP contribution in [0.4, 0.5) is 0 Å². The molecule has 16 heavy (non-hydrogen) atoms. The predicted octanol–water partition coefficient (Wildman–Crippen LogP) is 3.87. The number of nitrogens with zero attached hydrogens (tertiary/aromatic N) is 1. The summed E-state index contributed by atoms with van der Waals surface area (Å²) < 4.78 is 0. The van der Waals surface area contributed by atoms with Gasteiger partial charge in [-0.15, -0.1) is 42.8 Å². The Morgan fingerprint density at radius 3 is 2.00 bits per heavy atom. The summed E-state index contributed by atoms with van der Waals surface area (Å²) >= 11 is 0. The minimum atomic E-state index is 0.479. The van der Waals surface area contributed by atoms with Crippen molar-refractivity contribution in [2.45, 2.75) is 39.8 Å². The summed E-state index contributed by atoms with van der Waals surface area (Å²) in [7, 11) is 0. The van der Waals surface area contributed by atoms with Crippen molar-refractivity contribution in [3.05, 3.63) is 54.6 Å². The largest absolute Gasteiger partial charge is 0.383 e.